The van der Waals surface area contributed by atoms with Gasteiger partial charge in [-0.3, -0.25) is 0 Å². The van der Waals surface area contributed by atoms with Crippen LogP contribution >= 0.6 is 15.9 Å². The smallest absolute Gasteiger partial charge is 0.250 e. The fraction of sp³-hybridized carbons (Fsp3) is 0. The third-order valence-electron chi connectivity index (χ3n) is 6.78. The molecule has 3 heterocycles. The molecule has 4 heteroatoms. The maximum atomic E-state index is 6.29. The Bertz CT molecular complexity index is 1980. The molecule has 34 heavy (non-hydrogen) atoms. The summed E-state index contributed by atoms with van der Waals surface area (Å²) in [6, 6.07) is 27.7. The van der Waals surface area contributed by atoms with E-state index in [1.807, 2.05) is 12.2 Å². The van der Waals surface area contributed by atoms with Crippen LogP contribution in [0.2, 0.25) is 0 Å². The zero-order valence-corrected chi connectivity index (χ0v) is 19.4. The quantitative estimate of drug-likeness (QED) is 0.210. The summed E-state index contributed by atoms with van der Waals surface area (Å²) < 4.78 is 15.7. The molecule has 0 saturated heterocycles. The van der Waals surface area contributed by atoms with Crippen LogP contribution in [0.15, 0.2) is 92.2 Å². The lowest BCUT2D eigenvalue weighted by atomic mass is 10.0. The van der Waals surface area contributed by atoms with Gasteiger partial charge in [0.15, 0.2) is 10.1 Å². The Morgan fingerprint density at radius 2 is 1.32 bits per heavy atom. The first kappa shape index (κ1) is 18.3. The van der Waals surface area contributed by atoms with Gasteiger partial charge in [-0.1, -0.05) is 36.4 Å². The van der Waals surface area contributed by atoms with Crippen LogP contribution < -0.4 is 0 Å². The van der Waals surface area contributed by atoms with Gasteiger partial charge >= 0.3 is 0 Å². The highest BCUT2D eigenvalue weighted by Crippen LogP contribution is 2.40. The van der Waals surface area contributed by atoms with Crippen LogP contribution in [0, 0.1) is 6.08 Å². The summed E-state index contributed by atoms with van der Waals surface area (Å²) in [6.45, 7) is 0. The van der Waals surface area contributed by atoms with E-state index in [9.17, 15) is 0 Å². The number of fused-ring (bicyclic) bond motifs is 9. The molecule has 0 unspecified atom stereocenters. The predicted molar refractivity (Wildman–Crippen MR) is 142 cm³/mol. The maximum Gasteiger partial charge on any atom is 0.250 e. The van der Waals surface area contributed by atoms with Gasteiger partial charge in [-0.15, -0.1) is 0 Å². The molecular weight excluding hydrogens is 486 g/mol. The van der Waals surface area contributed by atoms with Gasteiger partial charge < -0.3 is 13.4 Å². The first-order chi connectivity index (χ1) is 16.7. The summed E-state index contributed by atoms with van der Waals surface area (Å²) in [5.74, 6) is 0.820. The first-order valence-electron chi connectivity index (χ1n) is 11.1. The van der Waals surface area contributed by atoms with E-state index >= 15 is 0 Å². The average molecular weight is 501 g/mol. The summed E-state index contributed by atoms with van der Waals surface area (Å²) in [6.07, 6.45) is 7.06. The van der Waals surface area contributed by atoms with E-state index < -0.39 is 0 Å². The van der Waals surface area contributed by atoms with Gasteiger partial charge in [0.2, 0.25) is 5.76 Å². The molecule has 0 atom stereocenters. The second kappa shape index (κ2) is 6.48. The number of hydrogen-bond donors (Lipinski definition) is 0. The van der Waals surface area contributed by atoms with Crippen molar-refractivity contribution in [1.82, 2.24) is 4.57 Å². The molecule has 3 nitrogen and oxygen atoms in total. The van der Waals surface area contributed by atoms with Crippen LogP contribution in [-0.2, 0) is 0 Å². The van der Waals surface area contributed by atoms with E-state index in [0.717, 1.165) is 54.4 Å². The lowest BCUT2D eigenvalue weighted by Gasteiger charge is -2.07. The molecule has 0 spiro atoms. The summed E-state index contributed by atoms with van der Waals surface area (Å²) >= 11 is 3.52. The monoisotopic (exact) mass is 500 g/mol. The van der Waals surface area contributed by atoms with E-state index in [0.29, 0.717) is 0 Å². The molecule has 4 aromatic carbocycles. The zero-order valence-electron chi connectivity index (χ0n) is 17.8. The minimum absolute atomic E-state index is 0.820. The second-order valence-electron chi connectivity index (χ2n) is 8.66. The van der Waals surface area contributed by atoms with Crippen molar-refractivity contribution in [2.24, 2.45) is 0 Å². The van der Waals surface area contributed by atoms with Gasteiger partial charge in [0.05, 0.1) is 28.6 Å². The summed E-state index contributed by atoms with van der Waals surface area (Å²) in [7, 11) is 0. The maximum absolute atomic E-state index is 6.29. The van der Waals surface area contributed by atoms with E-state index in [4.69, 9.17) is 8.83 Å². The van der Waals surface area contributed by atoms with Crippen molar-refractivity contribution < 1.29 is 8.83 Å². The number of para-hydroxylation sites is 2. The topological polar surface area (TPSA) is 31.2 Å². The number of allylic oxidation sites excluding steroid dienone is 2. The van der Waals surface area contributed by atoms with Crippen molar-refractivity contribution in [3.8, 4) is 5.69 Å². The standard InChI is InChI=1S/C30H15BrNO2/c31-17-9-11-27-21(13-17)23-15-30-24(16-29(23)33-27)22-14-18(10-12-28(22)34-30)32-25-7-3-1-5-19(25)20-6-2-4-8-26(20)32/h1-8,10-16H/q+1. The van der Waals surface area contributed by atoms with Crippen molar-refractivity contribution in [3.63, 3.8) is 0 Å². The van der Waals surface area contributed by atoms with E-state index in [1.54, 1.807) is 0 Å². The second-order valence-corrected chi connectivity index (χ2v) is 9.51. The zero-order chi connectivity index (χ0) is 22.4. The highest BCUT2D eigenvalue weighted by molar-refractivity contribution is 9.12. The lowest BCUT2D eigenvalue weighted by Crippen LogP contribution is -1.93. The number of halogens is 1. The van der Waals surface area contributed by atoms with Gasteiger partial charge in [0, 0.05) is 27.2 Å². The number of benzene rings is 4. The summed E-state index contributed by atoms with van der Waals surface area (Å²) in [5.41, 5.74) is 7.11. The van der Waals surface area contributed by atoms with Crippen molar-refractivity contribution in [2.75, 3.05) is 0 Å². The van der Waals surface area contributed by atoms with Gasteiger partial charge in [-0.05, 0) is 58.4 Å². The van der Waals surface area contributed by atoms with Gasteiger partial charge in [0.25, 0.3) is 0 Å². The molecule has 0 amide bonds. The molecular formula is C30H15BrNO2+. The van der Waals surface area contributed by atoms with Crippen molar-refractivity contribution in [1.29, 1.82) is 0 Å². The van der Waals surface area contributed by atoms with E-state index in [2.05, 4.69) is 105 Å². The van der Waals surface area contributed by atoms with Gasteiger partial charge in [-0.25, -0.2) is 0 Å². The van der Waals surface area contributed by atoms with Crippen LogP contribution in [0.1, 0.15) is 11.3 Å². The molecule has 0 fully saturated rings. The van der Waals surface area contributed by atoms with Crippen molar-refractivity contribution in [3.05, 3.63) is 101 Å². The highest BCUT2D eigenvalue weighted by atomic mass is 79.9. The third kappa shape index (κ3) is 2.39. The molecule has 0 bridgehead atoms. The largest absolute Gasteiger partial charge is 0.456 e. The Morgan fingerprint density at radius 3 is 2.12 bits per heavy atom. The van der Waals surface area contributed by atoms with Crippen molar-refractivity contribution in [2.45, 2.75) is 0 Å². The molecule has 1 aliphatic carbocycles. The highest BCUT2D eigenvalue weighted by Gasteiger charge is 2.24. The minimum atomic E-state index is 0.820. The normalized spacial score (nSPS) is 13.3. The van der Waals surface area contributed by atoms with Crippen LogP contribution in [0.3, 0.4) is 0 Å². The Labute approximate surface area is 202 Å². The number of rotatable bonds is 1. The molecule has 0 aliphatic heterocycles. The molecule has 0 saturated carbocycles. The Kier molecular flexibility index (Phi) is 3.49. The summed E-state index contributed by atoms with van der Waals surface area (Å²) in [4.78, 5) is 0. The van der Waals surface area contributed by atoms with E-state index in [1.165, 1.54) is 21.8 Å². The molecule has 3 aromatic heterocycles. The van der Waals surface area contributed by atoms with Gasteiger partial charge in [0.1, 0.15) is 22.8 Å². The number of furan rings is 2. The van der Waals surface area contributed by atoms with Crippen LogP contribution in [0.4, 0.5) is 0 Å². The fourth-order valence-electron chi connectivity index (χ4n) is 5.29. The molecule has 7 aromatic rings. The van der Waals surface area contributed by atoms with Crippen LogP contribution in [0.25, 0.3) is 72.6 Å². The number of hydrogen-bond acceptors (Lipinski definition) is 2. The first-order valence-corrected chi connectivity index (χ1v) is 11.9. The Hall–Kier alpha value is -4.11. The van der Waals surface area contributed by atoms with Crippen molar-refractivity contribution >= 4 is 82.8 Å². The molecule has 158 valence electrons. The summed E-state index contributed by atoms with van der Waals surface area (Å²) in [5, 5.41) is 5.67. The third-order valence-corrected chi connectivity index (χ3v) is 7.24. The minimum Gasteiger partial charge on any atom is -0.456 e. The SMILES string of the molecule is BrC1=Cc2c(oc3cc4c(cc23)oc2ccc(-n3c5ccccc5c5ccccc53)cc24)C=[C+]1. The molecule has 0 N–H and O–H groups in total. The van der Waals surface area contributed by atoms with Crippen LogP contribution in [-0.4, -0.2) is 4.57 Å². The molecule has 8 rings (SSSR count). The predicted octanol–water partition coefficient (Wildman–Crippen LogP) is 9.00. The molecule has 1 aliphatic rings. The molecule has 0 radical (unpaired) electrons. The number of aromatic nitrogens is 1. The Balaban J connectivity index is 1.42. The van der Waals surface area contributed by atoms with Gasteiger partial charge in [-0.2, -0.15) is 0 Å². The number of nitrogens with zero attached hydrogens (tertiary/aromatic N) is 1. The fourth-order valence-corrected chi connectivity index (χ4v) is 5.63. The van der Waals surface area contributed by atoms with Crippen LogP contribution in [0.5, 0.6) is 0 Å². The van der Waals surface area contributed by atoms with E-state index in [-0.39, 0.29) is 0 Å². The average Bonchev–Trinajstić information content (AvgIpc) is 3.51. The Morgan fingerprint density at radius 1 is 0.647 bits per heavy atom. The lowest BCUT2D eigenvalue weighted by molar-refractivity contribution is 0.603.